The molecule has 2 N–H and O–H groups in total. The highest BCUT2D eigenvalue weighted by atomic mass is 32.2. The molecule has 0 aromatic heterocycles. The lowest BCUT2D eigenvalue weighted by Gasteiger charge is -2.43. The highest BCUT2D eigenvalue weighted by Gasteiger charge is 2.48. The lowest BCUT2D eigenvalue weighted by molar-refractivity contribution is -0.137. The van der Waals surface area contributed by atoms with Crippen LogP contribution in [0, 0.1) is 0 Å². The van der Waals surface area contributed by atoms with Crippen molar-refractivity contribution >= 4 is 27.7 Å². The average Bonchev–Trinajstić information content (AvgIpc) is 2.72. The zero-order valence-corrected chi connectivity index (χ0v) is 18.3. The van der Waals surface area contributed by atoms with Gasteiger partial charge in [-0.05, 0) is 49.2 Å². The Morgan fingerprint density at radius 1 is 1.16 bits per heavy atom. The maximum Gasteiger partial charge on any atom is 0.416 e. The van der Waals surface area contributed by atoms with Crippen LogP contribution in [0.2, 0.25) is 0 Å². The summed E-state index contributed by atoms with van der Waals surface area (Å²) in [6, 6.07) is 9.06. The first-order chi connectivity index (χ1) is 14.4. The number of halogens is 3. The van der Waals surface area contributed by atoms with Gasteiger partial charge in [0, 0.05) is 17.0 Å². The summed E-state index contributed by atoms with van der Waals surface area (Å²) in [5.41, 5.74) is 1.46. The molecule has 1 amide bonds. The summed E-state index contributed by atoms with van der Waals surface area (Å²) < 4.78 is 65.7. The third-order valence-corrected chi connectivity index (χ3v) is 8.31. The van der Waals surface area contributed by atoms with Gasteiger partial charge in [0.2, 0.25) is 10.0 Å². The molecule has 0 spiro atoms. The van der Waals surface area contributed by atoms with Gasteiger partial charge in [-0.3, -0.25) is 10.0 Å². The normalized spacial score (nSPS) is 19.7. The summed E-state index contributed by atoms with van der Waals surface area (Å²) in [7, 11) is -4.10. The van der Waals surface area contributed by atoms with E-state index in [0.29, 0.717) is 16.9 Å². The Labute approximate surface area is 182 Å². The van der Waals surface area contributed by atoms with E-state index in [1.165, 1.54) is 48.2 Å². The zero-order valence-electron chi connectivity index (χ0n) is 16.7. The number of nitrogens with zero attached hydrogens (tertiary/aromatic N) is 1. The first kappa shape index (κ1) is 23.6. The van der Waals surface area contributed by atoms with Gasteiger partial charge in [-0.1, -0.05) is 24.3 Å². The number of sulfonamides is 1. The molecule has 0 radical (unpaired) electrons. The molecule has 0 unspecified atom stereocenters. The van der Waals surface area contributed by atoms with Crippen molar-refractivity contribution < 1.29 is 31.6 Å². The Balaban J connectivity index is 1.95. The molecule has 168 valence electrons. The maximum atomic E-state index is 13.2. The van der Waals surface area contributed by atoms with E-state index in [9.17, 15) is 26.4 Å². The molecule has 0 saturated carbocycles. The Morgan fingerprint density at radius 3 is 2.39 bits per heavy atom. The van der Waals surface area contributed by atoms with Gasteiger partial charge in [0.15, 0.2) is 0 Å². The number of carbonyl (C=O) groups excluding carboxylic acids is 1. The molecule has 1 atom stereocenters. The largest absolute Gasteiger partial charge is 0.416 e. The molecule has 1 aliphatic heterocycles. The highest BCUT2D eigenvalue weighted by molar-refractivity contribution is 8.00. The molecule has 1 heterocycles. The van der Waals surface area contributed by atoms with Crippen LogP contribution in [0.4, 0.5) is 13.2 Å². The van der Waals surface area contributed by atoms with Gasteiger partial charge in [-0.15, -0.1) is 0 Å². The molecular formula is C20H21F3N2O4S2. The van der Waals surface area contributed by atoms with Crippen LogP contribution in [-0.4, -0.2) is 46.9 Å². The lowest BCUT2D eigenvalue weighted by atomic mass is 10.0. The highest BCUT2D eigenvalue weighted by Crippen LogP contribution is 2.38. The predicted molar refractivity (Wildman–Crippen MR) is 111 cm³/mol. The molecule has 1 fully saturated rings. The molecule has 31 heavy (non-hydrogen) atoms. The number of rotatable bonds is 4. The van der Waals surface area contributed by atoms with Crippen molar-refractivity contribution in [1.82, 2.24) is 9.79 Å². The van der Waals surface area contributed by atoms with Crippen LogP contribution >= 0.6 is 11.8 Å². The number of amides is 1. The molecule has 11 heteroatoms. The second kappa shape index (κ2) is 8.45. The van der Waals surface area contributed by atoms with Gasteiger partial charge in [-0.2, -0.15) is 29.2 Å². The summed E-state index contributed by atoms with van der Waals surface area (Å²) in [5.74, 6) is -0.370. The van der Waals surface area contributed by atoms with Crippen LogP contribution in [0.5, 0.6) is 0 Å². The SMILES string of the molecule is CC1(C)SCCN(S(=O)(=O)c2ccc(-c3cccc(C(F)(F)F)c3)cc2)[C@H]1C(=O)NO. The first-order valence-corrected chi connectivity index (χ1v) is 11.7. The molecule has 1 saturated heterocycles. The van der Waals surface area contributed by atoms with Gasteiger partial charge in [0.25, 0.3) is 5.91 Å². The van der Waals surface area contributed by atoms with E-state index in [4.69, 9.17) is 5.21 Å². The topological polar surface area (TPSA) is 86.7 Å². The standard InChI is InChI=1S/C20H21F3N2O4S2/c1-19(2)17(18(26)24-27)25(10-11-30-19)31(28,29)16-8-6-13(7-9-16)14-4-3-5-15(12-14)20(21,22)23/h3-9,12,17,27H,10-11H2,1-2H3,(H,24,26)/t17-/m0/s1. The van der Waals surface area contributed by atoms with Crippen molar-refractivity contribution in [2.75, 3.05) is 12.3 Å². The quantitative estimate of drug-likeness (QED) is 0.521. The van der Waals surface area contributed by atoms with Crippen molar-refractivity contribution in [3.63, 3.8) is 0 Å². The van der Waals surface area contributed by atoms with Crippen molar-refractivity contribution in [1.29, 1.82) is 0 Å². The Morgan fingerprint density at radius 2 is 1.81 bits per heavy atom. The molecule has 0 aliphatic carbocycles. The average molecular weight is 475 g/mol. The first-order valence-electron chi connectivity index (χ1n) is 9.25. The number of benzene rings is 2. The van der Waals surface area contributed by atoms with Gasteiger partial charge in [0.05, 0.1) is 10.5 Å². The second-order valence-corrected chi connectivity index (χ2v) is 11.2. The van der Waals surface area contributed by atoms with E-state index in [-0.39, 0.29) is 11.4 Å². The fourth-order valence-corrected chi connectivity index (χ4v) is 6.66. The van der Waals surface area contributed by atoms with E-state index < -0.39 is 38.5 Å². The van der Waals surface area contributed by atoms with Gasteiger partial charge < -0.3 is 0 Å². The number of hydrogen-bond acceptors (Lipinski definition) is 5. The molecule has 2 aromatic carbocycles. The number of thioether (sulfide) groups is 1. The third-order valence-electron chi connectivity index (χ3n) is 5.07. The number of hydrogen-bond donors (Lipinski definition) is 2. The summed E-state index contributed by atoms with van der Waals surface area (Å²) in [4.78, 5) is 12.2. The number of nitrogens with one attached hydrogen (secondary N) is 1. The van der Waals surface area contributed by atoms with E-state index in [1.807, 2.05) is 0 Å². The summed E-state index contributed by atoms with van der Waals surface area (Å²) >= 11 is 1.42. The fraction of sp³-hybridized carbons (Fsp3) is 0.350. The molecule has 2 aromatic rings. The van der Waals surface area contributed by atoms with Crippen LogP contribution in [0.25, 0.3) is 11.1 Å². The zero-order chi connectivity index (χ0) is 23.0. The van der Waals surface area contributed by atoms with E-state index in [2.05, 4.69) is 0 Å². The molecule has 1 aliphatic rings. The van der Waals surface area contributed by atoms with Crippen LogP contribution < -0.4 is 5.48 Å². The number of alkyl halides is 3. The third kappa shape index (κ3) is 4.74. The Bertz CT molecular complexity index is 1070. The smallest absolute Gasteiger partial charge is 0.289 e. The van der Waals surface area contributed by atoms with Gasteiger partial charge in [0.1, 0.15) is 6.04 Å². The van der Waals surface area contributed by atoms with Crippen LogP contribution in [0.3, 0.4) is 0 Å². The van der Waals surface area contributed by atoms with Crippen molar-refractivity contribution in [3.05, 3.63) is 54.1 Å². The fourth-order valence-electron chi connectivity index (χ4n) is 3.55. The number of hydroxylamine groups is 1. The Hall–Kier alpha value is -2.08. The minimum Gasteiger partial charge on any atom is -0.289 e. The van der Waals surface area contributed by atoms with E-state index in [0.717, 1.165) is 16.4 Å². The van der Waals surface area contributed by atoms with E-state index >= 15 is 0 Å². The predicted octanol–water partition coefficient (Wildman–Crippen LogP) is 3.76. The van der Waals surface area contributed by atoms with Crippen LogP contribution in [-0.2, 0) is 21.0 Å². The van der Waals surface area contributed by atoms with Crippen molar-refractivity contribution in [2.45, 2.75) is 35.7 Å². The number of carbonyl (C=O) groups is 1. The molecular weight excluding hydrogens is 453 g/mol. The second-order valence-electron chi connectivity index (χ2n) is 7.55. The molecule has 3 rings (SSSR count). The summed E-state index contributed by atoms with van der Waals surface area (Å²) in [6.45, 7) is 3.51. The molecule has 6 nitrogen and oxygen atoms in total. The van der Waals surface area contributed by atoms with Crippen molar-refractivity contribution in [2.24, 2.45) is 0 Å². The summed E-state index contributed by atoms with van der Waals surface area (Å²) in [6.07, 6.45) is -4.49. The summed E-state index contributed by atoms with van der Waals surface area (Å²) in [5, 5.41) is 9.11. The van der Waals surface area contributed by atoms with Crippen molar-refractivity contribution in [3.8, 4) is 11.1 Å². The lowest BCUT2D eigenvalue weighted by Crippen LogP contribution is -2.61. The monoisotopic (exact) mass is 474 g/mol. The molecule has 0 bridgehead atoms. The minimum absolute atomic E-state index is 0.0733. The van der Waals surface area contributed by atoms with Gasteiger partial charge in [-0.25, -0.2) is 13.9 Å². The van der Waals surface area contributed by atoms with E-state index in [1.54, 1.807) is 19.3 Å². The van der Waals surface area contributed by atoms with Crippen LogP contribution in [0.1, 0.15) is 19.4 Å². The minimum atomic E-state index is -4.49. The maximum absolute atomic E-state index is 13.2. The van der Waals surface area contributed by atoms with Gasteiger partial charge >= 0.3 is 6.18 Å². The van der Waals surface area contributed by atoms with Crippen LogP contribution in [0.15, 0.2) is 53.4 Å². The Kier molecular flexibility index (Phi) is 6.43.